The monoisotopic (exact) mass is 472 g/mol. The van der Waals surface area contributed by atoms with E-state index in [2.05, 4.69) is 20.7 Å². The molecular weight excluding hydrogens is 452 g/mol. The van der Waals surface area contributed by atoms with Gasteiger partial charge in [-0.3, -0.25) is 15.6 Å². The number of anilines is 3. The molecule has 170 valence electrons. The van der Waals surface area contributed by atoms with E-state index in [0.29, 0.717) is 16.5 Å². The van der Waals surface area contributed by atoms with Gasteiger partial charge in [-0.25, -0.2) is 4.98 Å². The van der Waals surface area contributed by atoms with E-state index in [0.717, 1.165) is 15.8 Å². The lowest BCUT2D eigenvalue weighted by Crippen LogP contribution is -2.38. The Balaban J connectivity index is 1.47. The van der Waals surface area contributed by atoms with E-state index in [-0.39, 0.29) is 29.2 Å². The summed E-state index contributed by atoms with van der Waals surface area (Å²) in [6.07, 6.45) is 1.61. The maximum atomic E-state index is 12.8. The number of amides is 1. The third-order valence-electron chi connectivity index (χ3n) is 4.87. The van der Waals surface area contributed by atoms with E-state index >= 15 is 0 Å². The Kier molecular flexibility index (Phi) is 6.65. The maximum absolute atomic E-state index is 12.8. The van der Waals surface area contributed by atoms with Crippen molar-refractivity contribution in [2.24, 2.45) is 0 Å². The first-order valence-corrected chi connectivity index (χ1v) is 10.6. The fourth-order valence-corrected chi connectivity index (χ4v) is 3.38. The third-order valence-corrected chi connectivity index (χ3v) is 5.11. The summed E-state index contributed by atoms with van der Waals surface area (Å²) in [6.45, 7) is -0.169. The van der Waals surface area contributed by atoms with Crippen molar-refractivity contribution in [3.63, 3.8) is 0 Å². The summed E-state index contributed by atoms with van der Waals surface area (Å²) in [4.78, 5) is 16.9. The molecule has 0 unspecified atom stereocenters. The normalized spacial score (nSPS) is 10.5. The average Bonchev–Trinajstić information content (AvgIpc) is 2.84. The molecule has 0 aliphatic carbocycles. The van der Waals surface area contributed by atoms with Crippen LogP contribution in [0.1, 0.15) is 10.4 Å². The number of carbonyl (C=O) groups is 1. The van der Waals surface area contributed by atoms with Crippen LogP contribution in [0, 0.1) is 10.8 Å². The SMILES string of the molecule is N=C(CNC(=O)c1cc(-c2ccccc2)cnc1N)n1nc(Nc2cccc(Cl)c2)ccc1=N. The van der Waals surface area contributed by atoms with Crippen molar-refractivity contribution in [1.29, 1.82) is 10.8 Å². The summed E-state index contributed by atoms with van der Waals surface area (Å²) in [6, 6.07) is 21.4. The molecule has 2 heterocycles. The first kappa shape index (κ1) is 22.7. The molecule has 10 heteroatoms. The van der Waals surface area contributed by atoms with E-state index in [1.807, 2.05) is 36.4 Å². The molecule has 4 aromatic rings. The number of halogens is 1. The Morgan fingerprint density at radius 3 is 2.59 bits per heavy atom. The summed E-state index contributed by atoms with van der Waals surface area (Å²) in [5.74, 6) is -0.0755. The lowest BCUT2D eigenvalue weighted by Gasteiger charge is -2.12. The van der Waals surface area contributed by atoms with Gasteiger partial charge in [0.1, 0.15) is 17.1 Å². The zero-order valence-electron chi connectivity index (χ0n) is 17.9. The van der Waals surface area contributed by atoms with E-state index in [1.54, 1.807) is 36.5 Å². The van der Waals surface area contributed by atoms with Crippen molar-refractivity contribution < 1.29 is 4.79 Å². The Morgan fingerprint density at radius 1 is 1.03 bits per heavy atom. The minimum absolute atomic E-state index is 0.0110. The topological polar surface area (TPSA) is 146 Å². The van der Waals surface area contributed by atoms with Crippen LogP contribution >= 0.6 is 11.6 Å². The highest BCUT2D eigenvalue weighted by atomic mass is 35.5. The molecule has 34 heavy (non-hydrogen) atoms. The van der Waals surface area contributed by atoms with Crippen LogP contribution in [0.4, 0.5) is 17.3 Å². The van der Waals surface area contributed by atoms with Crippen LogP contribution < -0.4 is 21.9 Å². The quantitative estimate of drug-likeness (QED) is 0.215. The third kappa shape index (κ3) is 5.28. The lowest BCUT2D eigenvalue weighted by molar-refractivity contribution is 0.0959. The molecule has 0 bridgehead atoms. The first-order chi connectivity index (χ1) is 16.4. The molecule has 2 aromatic carbocycles. The highest BCUT2D eigenvalue weighted by Gasteiger charge is 2.14. The number of pyridine rings is 1. The average molecular weight is 473 g/mol. The summed E-state index contributed by atoms with van der Waals surface area (Å²) in [5, 5.41) is 27.0. The van der Waals surface area contributed by atoms with E-state index in [1.165, 1.54) is 6.07 Å². The lowest BCUT2D eigenvalue weighted by atomic mass is 10.1. The molecule has 0 aliphatic rings. The number of carbonyl (C=O) groups excluding carboxylic acids is 1. The fourth-order valence-electron chi connectivity index (χ4n) is 3.19. The fraction of sp³-hybridized carbons (Fsp3) is 0.0417. The molecular formula is C24H21ClN8O. The van der Waals surface area contributed by atoms with Crippen molar-refractivity contribution in [1.82, 2.24) is 20.1 Å². The summed E-state index contributed by atoms with van der Waals surface area (Å²) < 4.78 is 1.12. The zero-order chi connectivity index (χ0) is 24.1. The smallest absolute Gasteiger partial charge is 0.255 e. The van der Waals surface area contributed by atoms with Gasteiger partial charge in [0.15, 0.2) is 5.82 Å². The number of nitrogens with zero attached hydrogens (tertiary/aromatic N) is 3. The number of hydrogen-bond acceptors (Lipinski definition) is 7. The molecule has 0 radical (unpaired) electrons. The minimum Gasteiger partial charge on any atom is -0.383 e. The van der Waals surface area contributed by atoms with Crippen molar-refractivity contribution in [3.05, 3.63) is 95.1 Å². The molecule has 6 N–H and O–H groups in total. The Bertz CT molecular complexity index is 1420. The second-order valence-corrected chi connectivity index (χ2v) is 7.74. The largest absolute Gasteiger partial charge is 0.383 e. The van der Waals surface area contributed by atoms with Gasteiger partial charge in [0.25, 0.3) is 5.91 Å². The Morgan fingerprint density at radius 2 is 1.82 bits per heavy atom. The van der Waals surface area contributed by atoms with Gasteiger partial charge in [0.05, 0.1) is 12.1 Å². The van der Waals surface area contributed by atoms with Gasteiger partial charge in [0.2, 0.25) is 0 Å². The van der Waals surface area contributed by atoms with Gasteiger partial charge < -0.3 is 16.4 Å². The Hall–Kier alpha value is -4.50. The van der Waals surface area contributed by atoms with Gasteiger partial charge in [0, 0.05) is 22.5 Å². The second-order valence-electron chi connectivity index (χ2n) is 7.30. The number of aromatic nitrogens is 3. The van der Waals surface area contributed by atoms with Crippen molar-refractivity contribution in [3.8, 4) is 11.1 Å². The number of hydrogen-bond donors (Lipinski definition) is 5. The van der Waals surface area contributed by atoms with Crippen molar-refractivity contribution in [2.75, 3.05) is 17.6 Å². The molecule has 4 rings (SSSR count). The highest BCUT2D eigenvalue weighted by molar-refractivity contribution is 6.30. The number of nitrogens with one attached hydrogen (secondary N) is 4. The summed E-state index contributed by atoms with van der Waals surface area (Å²) in [7, 11) is 0. The van der Waals surface area contributed by atoms with Crippen molar-refractivity contribution >= 4 is 40.7 Å². The number of benzene rings is 2. The molecule has 9 nitrogen and oxygen atoms in total. The van der Waals surface area contributed by atoms with E-state index in [9.17, 15) is 4.79 Å². The molecule has 1 amide bonds. The van der Waals surface area contributed by atoms with Crippen LogP contribution in [0.25, 0.3) is 11.1 Å². The molecule has 0 saturated heterocycles. The highest BCUT2D eigenvalue weighted by Crippen LogP contribution is 2.22. The second kappa shape index (κ2) is 9.97. The van der Waals surface area contributed by atoms with Crippen LogP contribution in [0.3, 0.4) is 0 Å². The van der Waals surface area contributed by atoms with E-state index in [4.69, 9.17) is 28.2 Å². The van der Waals surface area contributed by atoms with Gasteiger partial charge in [-0.2, -0.15) is 4.68 Å². The van der Waals surface area contributed by atoms with Gasteiger partial charge in [-0.05, 0) is 42.0 Å². The first-order valence-electron chi connectivity index (χ1n) is 10.3. The van der Waals surface area contributed by atoms with Gasteiger partial charge in [-0.1, -0.05) is 48.0 Å². The molecule has 0 fully saturated rings. The molecule has 0 spiro atoms. The molecule has 2 aromatic heterocycles. The number of rotatable bonds is 6. The van der Waals surface area contributed by atoms with Crippen LogP contribution in [0.5, 0.6) is 0 Å². The van der Waals surface area contributed by atoms with Crippen LogP contribution in [0.15, 0.2) is 79.0 Å². The maximum Gasteiger partial charge on any atom is 0.255 e. The Labute approximate surface area is 200 Å². The standard InChI is InChI=1S/C24H21ClN8O/c25-17-7-4-8-18(12-17)31-22-10-9-20(26)33(32-22)21(27)14-30-24(34)19-11-16(13-29-23(19)28)15-5-2-1-3-6-15/h1-13,26-27H,14H2,(H2,28,29)(H,30,34)(H,31,32). The van der Waals surface area contributed by atoms with Crippen LogP contribution in [0.2, 0.25) is 5.02 Å². The minimum atomic E-state index is -0.479. The zero-order valence-corrected chi connectivity index (χ0v) is 18.7. The molecule has 0 aliphatic heterocycles. The summed E-state index contributed by atoms with van der Waals surface area (Å²) >= 11 is 6.01. The van der Waals surface area contributed by atoms with E-state index < -0.39 is 5.91 Å². The molecule has 0 saturated carbocycles. The summed E-state index contributed by atoms with van der Waals surface area (Å²) in [5.41, 5.74) is 8.48. The van der Waals surface area contributed by atoms with Gasteiger partial charge >= 0.3 is 0 Å². The van der Waals surface area contributed by atoms with Crippen LogP contribution in [-0.2, 0) is 0 Å². The predicted octanol–water partition coefficient (Wildman–Crippen LogP) is 3.66. The molecule has 0 atom stereocenters. The predicted molar refractivity (Wildman–Crippen MR) is 132 cm³/mol. The van der Waals surface area contributed by atoms with Crippen LogP contribution in [-0.4, -0.2) is 33.1 Å². The van der Waals surface area contributed by atoms with Crippen molar-refractivity contribution in [2.45, 2.75) is 0 Å². The number of nitrogen functional groups attached to an aromatic ring is 1. The van der Waals surface area contributed by atoms with Gasteiger partial charge in [-0.15, -0.1) is 5.10 Å². The number of nitrogens with two attached hydrogens (primary N) is 1.